The van der Waals surface area contributed by atoms with Crippen LogP contribution in [0.4, 0.5) is 5.69 Å². The first-order valence-electron chi connectivity index (χ1n) is 12.1. The summed E-state index contributed by atoms with van der Waals surface area (Å²) in [5, 5.41) is 19.6. The van der Waals surface area contributed by atoms with E-state index in [2.05, 4.69) is 19.9 Å². The van der Waals surface area contributed by atoms with Gasteiger partial charge in [-0.15, -0.1) is 0 Å². The summed E-state index contributed by atoms with van der Waals surface area (Å²) < 4.78 is 50.5. The molecule has 0 aliphatic heterocycles. The van der Waals surface area contributed by atoms with E-state index in [1.54, 1.807) is 54.6 Å². The predicted octanol–water partition coefficient (Wildman–Crippen LogP) is 4.50. The first-order chi connectivity index (χ1) is 19.5. The first kappa shape index (κ1) is 29.1. The van der Waals surface area contributed by atoms with E-state index in [0.29, 0.717) is 16.7 Å². The van der Waals surface area contributed by atoms with Crippen molar-refractivity contribution < 1.29 is 21.8 Å². The highest BCUT2D eigenvalue weighted by Gasteiger charge is 2.19. The number of benzene rings is 4. The van der Waals surface area contributed by atoms with Gasteiger partial charge in [-0.05, 0) is 49.2 Å². The van der Waals surface area contributed by atoms with E-state index >= 15 is 0 Å². The molecule has 0 saturated carbocycles. The highest BCUT2D eigenvalue weighted by molar-refractivity contribution is 7.89. The summed E-state index contributed by atoms with van der Waals surface area (Å²) in [6.45, 7) is 3.66. The van der Waals surface area contributed by atoms with Gasteiger partial charge in [0.25, 0.3) is 25.7 Å². The maximum absolute atomic E-state index is 12.6. The van der Waals surface area contributed by atoms with Crippen LogP contribution in [0.15, 0.2) is 111 Å². The third kappa shape index (κ3) is 7.01. The van der Waals surface area contributed by atoms with Gasteiger partial charge in [0.2, 0.25) is 0 Å². The molecule has 210 valence electrons. The van der Waals surface area contributed by atoms with Crippen LogP contribution < -0.4 is 9.66 Å². The molecule has 41 heavy (non-hydrogen) atoms. The smallest absolute Gasteiger partial charge is 0.258 e. The lowest BCUT2D eigenvalue weighted by molar-refractivity contribution is -0.384. The monoisotopic (exact) mass is 591 g/mol. The lowest BCUT2D eigenvalue weighted by Crippen LogP contribution is -2.18. The zero-order valence-corrected chi connectivity index (χ0v) is 23.6. The van der Waals surface area contributed by atoms with Gasteiger partial charge in [-0.3, -0.25) is 10.1 Å². The van der Waals surface area contributed by atoms with Gasteiger partial charge in [0.15, 0.2) is 0 Å². The maximum Gasteiger partial charge on any atom is 0.278 e. The molecule has 11 nitrogen and oxygen atoms in total. The zero-order chi connectivity index (χ0) is 29.6. The molecule has 0 spiro atoms. The lowest BCUT2D eigenvalue weighted by atomic mass is 9.95. The summed E-state index contributed by atoms with van der Waals surface area (Å²) >= 11 is 0. The Morgan fingerprint density at radius 1 is 0.659 bits per heavy atom. The van der Waals surface area contributed by atoms with Crippen molar-refractivity contribution in [1.82, 2.24) is 9.66 Å². The Morgan fingerprint density at radius 3 is 1.68 bits per heavy atom. The SMILES string of the molecule is Cc1ccc(S(=O)(=O)N/N=C\c2ccccc2-c2cccc([N+](=O)[O-])c2/C=N/NS(=O)(=O)c2ccc(C)cc2)cc1. The van der Waals surface area contributed by atoms with Gasteiger partial charge in [0.1, 0.15) is 0 Å². The Bertz CT molecular complexity index is 1850. The summed E-state index contributed by atoms with van der Waals surface area (Å²) in [5.41, 5.74) is 2.76. The summed E-state index contributed by atoms with van der Waals surface area (Å²) in [6.07, 6.45) is 2.34. The molecule has 0 atom stereocenters. The van der Waals surface area contributed by atoms with Crippen LogP contribution in [0.1, 0.15) is 22.3 Å². The van der Waals surface area contributed by atoms with Crippen LogP contribution in [-0.2, 0) is 20.0 Å². The lowest BCUT2D eigenvalue weighted by Gasteiger charge is -2.10. The number of hydrogen-bond acceptors (Lipinski definition) is 8. The maximum atomic E-state index is 12.6. The van der Waals surface area contributed by atoms with Crippen molar-refractivity contribution in [2.75, 3.05) is 0 Å². The van der Waals surface area contributed by atoms with Crippen molar-refractivity contribution >= 4 is 38.2 Å². The van der Waals surface area contributed by atoms with E-state index in [1.165, 1.54) is 42.6 Å². The van der Waals surface area contributed by atoms with Crippen LogP contribution in [0, 0.1) is 24.0 Å². The van der Waals surface area contributed by atoms with Crippen molar-refractivity contribution in [2.45, 2.75) is 23.6 Å². The van der Waals surface area contributed by atoms with E-state index in [4.69, 9.17) is 0 Å². The van der Waals surface area contributed by atoms with E-state index in [-0.39, 0.29) is 21.0 Å². The molecule has 4 rings (SSSR count). The normalized spacial score (nSPS) is 12.0. The quantitative estimate of drug-likeness (QED) is 0.157. The van der Waals surface area contributed by atoms with Crippen LogP contribution in [0.3, 0.4) is 0 Å². The molecular weight excluding hydrogens is 566 g/mol. The van der Waals surface area contributed by atoms with Gasteiger partial charge in [-0.2, -0.15) is 27.0 Å². The fraction of sp³-hybridized carbons (Fsp3) is 0.0714. The summed E-state index contributed by atoms with van der Waals surface area (Å²) in [7, 11) is -7.95. The second kappa shape index (κ2) is 12.1. The Morgan fingerprint density at radius 2 is 1.15 bits per heavy atom. The largest absolute Gasteiger partial charge is 0.278 e. The molecule has 0 aliphatic rings. The van der Waals surface area contributed by atoms with Crippen LogP contribution in [-0.4, -0.2) is 34.2 Å². The Balaban J connectivity index is 1.67. The standard InChI is InChI=1S/C28H25N5O6S2/c1-20-10-14-23(15-11-20)40(36,37)31-29-18-22-6-3-4-7-25(22)26-8-5-9-28(33(34)35)27(26)19-30-32-41(38,39)24-16-12-21(2)13-17-24/h3-19,31-32H,1-2H3/b29-18-,30-19+. The number of nitro groups is 1. The number of hydrazone groups is 2. The number of rotatable bonds is 10. The third-order valence-corrected chi connectivity index (χ3v) is 8.41. The van der Waals surface area contributed by atoms with Crippen molar-refractivity contribution in [3.63, 3.8) is 0 Å². The van der Waals surface area contributed by atoms with Crippen LogP contribution in [0.25, 0.3) is 11.1 Å². The van der Waals surface area contributed by atoms with E-state index < -0.39 is 25.0 Å². The Kier molecular flexibility index (Phi) is 8.59. The molecular formula is C28H25N5O6S2. The number of sulfonamides is 2. The summed E-state index contributed by atoms with van der Waals surface area (Å²) in [6, 6.07) is 23.4. The molecule has 0 fully saturated rings. The fourth-order valence-electron chi connectivity index (χ4n) is 3.80. The van der Waals surface area contributed by atoms with Crippen molar-refractivity contribution in [3.05, 3.63) is 123 Å². The number of nitro benzene ring substituents is 1. The van der Waals surface area contributed by atoms with Gasteiger partial charge < -0.3 is 0 Å². The minimum atomic E-state index is -4.02. The molecule has 2 N–H and O–H groups in total. The molecule has 0 radical (unpaired) electrons. The molecule has 0 bridgehead atoms. The Labute approximate surface area is 237 Å². The molecule has 0 aromatic heterocycles. The van der Waals surface area contributed by atoms with Crippen molar-refractivity contribution in [1.29, 1.82) is 0 Å². The van der Waals surface area contributed by atoms with Crippen LogP contribution in [0.5, 0.6) is 0 Å². The number of nitrogens with zero attached hydrogens (tertiary/aromatic N) is 3. The van der Waals surface area contributed by atoms with E-state index in [0.717, 1.165) is 17.3 Å². The molecule has 4 aromatic carbocycles. The van der Waals surface area contributed by atoms with Crippen LogP contribution in [0.2, 0.25) is 0 Å². The van der Waals surface area contributed by atoms with E-state index in [1.807, 2.05) is 13.8 Å². The number of hydrogen-bond donors (Lipinski definition) is 2. The van der Waals surface area contributed by atoms with Gasteiger partial charge in [0.05, 0.1) is 32.7 Å². The fourth-order valence-corrected chi connectivity index (χ4v) is 5.39. The predicted molar refractivity (Wildman–Crippen MR) is 157 cm³/mol. The first-order valence-corrected chi connectivity index (χ1v) is 15.0. The van der Waals surface area contributed by atoms with Gasteiger partial charge in [-0.1, -0.05) is 71.8 Å². The molecule has 0 unspecified atom stereocenters. The summed E-state index contributed by atoms with van der Waals surface area (Å²) in [5.74, 6) is 0. The van der Waals surface area contributed by atoms with Crippen LogP contribution >= 0.6 is 0 Å². The molecule has 13 heteroatoms. The number of aryl methyl sites for hydroxylation is 2. The topological polar surface area (TPSA) is 160 Å². The molecule has 0 heterocycles. The second-order valence-corrected chi connectivity index (χ2v) is 12.2. The van der Waals surface area contributed by atoms with Gasteiger partial charge >= 0.3 is 0 Å². The minimum absolute atomic E-state index is 0.0160. The molecule has 0 aliphatic carbocycles. The zero-order valence-electron chi connectivity index (χ0n) is 21.9. The van der Waals surface area contributed by atoms with E-state index in [9.17, 15) is 26.9 Å². The van der Waals surface area contributed by atoms with Gasteiger partial charge in [0, 0.05) is 11.6 Å². The third-order valence-electron chi connectivity index (χ3n) is 5.94. The van der Waals surface area contributed by atoms with Crippen molar-refractivity contribution in [3.8, 4) is 11.1 Å². The minimum Gasteiger partial charge on any atom is -0.258 e. The van der Waals surface area contributed by atoms with Crippen molar-refractivity contribution in [2.24, 2.45) is 10.2 Å². The highest BCUT2D eigenvalue weighted by Crippen LogP contribution is 2.31. The Hall–Kier alpha value is -4.88. The number of nitrogens with one attached hydrogen (secondary N) is 2. The van der Waals surface area contributed by atoms with Gasteiger partial charge in [-0.25, -0.2) is 9.66 Å². The average molecular weight is 592 g/mol. The molecule has 0 amide bonds. The average Bonchev–Trinajstić information content (AvgIpc) is 2.93. The highest BCUT2D eigenvalue weighted by atomic mass is 32.2. The molecule has 0 saturated heterocycles. The molecule has 4 aromatic rings. The summed E-state index contributed by atoms with van der Waals surface area (Å²) in [4.78, 5) is 15.5. The second-order valence-electron chi connectivity index (χ2n) is 8.91.